The lowest BCUT2D eigenvalue weighted by Crippen LogP contribution is -2.04. The van der Waals surface area contributed by atoms with Crippen molar-refractivity contribution in [3.8, 4) is 44.5 Å². The lowest BCUT2D eigenvalue weighted by molar-refractivity contribution is -0.138. The highest BCUT2D eigenvalue weighted by Gasteiger charge is 2.31. The van der Waals surface area contributed by atoms with Crippen LogP contribution in [0.3, 0.4) is 0 Å². The summed E-state index contributed by atoms with van der Waals surface area (Å²) in [5, 5.41) is 10.1. The van der Waals surface area contributed by atoms with Gasteiger partial charge in [0.25, 0.3) is 0 Å². The summed E-state index contributed by atoms with van der Waals surface area (Å²) in [6, 6.07) is 56.3. The molecule has 10 aromatic carbocycles. The maximum Gasteiger partial charge on any atom is 0.416 e. The number of alkyl halides is 6. The lowest BCUT2D eigenvalue weighted by Gasteiger charge is -2.18. The van der Waals surface area contributed by atoms with Crippen molar-refractivity contribution in [2.75, 3.05) is 0 Å². The summed E-state index contributed by atoms with van der Waals surface area (Å²) in [5.74, 6) is 0. The molecule has 0 aliphatic carbocycles. The minimum Gasteiger partial charge on any atom is -0.166 e. The van der Waals surface area contributed by atoms with Gasteiger partial charge in [0, 0.05) is 25.7 Å². The predicted molar refractivity (Wildman–Crippen MR) is 241 cm³/mol. The Balaban J connectivity index is 1.12. The highest BCUT2D eigenvalue weighted by molar-refractivity contribution is 7.26. The first-order valence-electron chi connectivity index (χ1n) is 19.7. The van der Waals surface area contributed by atoms with Gasteiger partial charge in [-0.3, -0.25) is 0 Å². The molecular weight excluding hydrogens is 795 g/mol. The molecule has 0 unspecified atom stereocenters. The van der Waals surface area contributed by atoms with Gasteiger partial charge in [0.15, 0.2) is 0 Å². The third-order valence-corrected chi connectivity index (χ3v) is 13.1. The molecule has 0 saturated heterocycles. The van der Waals surface area contributed by atoms with Crippen molar-refractivity contribution in [3.05, 3.63) is 193 Å². The van der Waals surface area contributed by atoms with Crippen molar-refractivity contribution in [3.63, 3.8) is 0 Å². The Morgan fingerprint density at radius 1 is 0.295 bits per heavy atom. The Hall–Kier alpha value is -6.96. The molecule has 1 heterocycles. The van der Waals surface area contributed by atoms with E-state index in [0.717, 1.165) is 121 Å². The van der Waals surface area contributed by atoms with Crippen LogP contribution in [0.15, 0.2) is 182 Å². The summed E-state index contributed by atoms with van der Waals surface area (Å²) in [5.41, 5.74) is 6.06. The second kappa shape index (κ2) is 13.8. The minimum absolute atomic E-state index is 0.683. The van der Waals surface area contributed by atoms with E-state index in [1.165, 1.54) is 0 Å². The molecule has 0 amide bonds. The molecule has 11 aromatic rings. The second-order valence-corrected chi connectivity index (χ2v) is 16.4. The smallest absolute Gasteiger partial charge is 0.166 e. The Morgan fingerprint density at radius 2 is 0.639 bits per heavy atom. The van der Waals surface area contributed by atoms with Gasteiger partial charge in [-0.2, -0.15) is 26.3 Å². The van der Waals surface area contributed by atoms with E-state index in [2.05, 4.69) is 60.7 Å². The molecule has 0 radical (unpaired) electrons. The van der Waals surface area contributed by atoms with Crippen LogP contribution in [-0.4, -0.2) is 0 Å². The van der Waals surface area contributed by atoms with E-state index in [9.17, 15) is 26.3 Å². The quantitative estimate of drug-likeness (QED) is 0.123. The number of halogens is 6. The molecule has 0 aliphatic heterocycles. The van der Waals surface area contributed by atoms with Crippen molar-refractivity contribution in [1.29, 1.82) is 0 Å². The monoisotopic (exact) mass is 824 g/mol. The summed E-state index contributed by atoms with van der Waals surface area (Å²) in [6.45, 7) is 0. The van der Waals surface area contributed by atoms with E-state index in [1.54, 1.807) is 35.6 Å². The van der Waals surface area contributed by atoms with E-state index in [0.29, 0.717) is 11.1 Å². The summed E-state index contributed by atoms with van der Waals surface area (Å²) in [4.78, 5) is 0. The first-order chi connectivity index (χ1) is 29.5. The van der Waals surface area contributed by atoms with Crippen LogP contribution < -0.4 is 0 Å². The summed E-state index contributed by atoms with van der Waals surface area (Å²) >= 11 is 1.73. The molecule has 0 atom stereocenters. The zero-order chi connectivity index (χ0) is 41.6. The SMILES string of the molecule is FC(F)(F)c1ccc(-c2c3ccccc3c(-c3ccc4c(c3)sc3c(-c5c6ccccc6c(-c6ccc(C(F)(F)F)cc6)c6ccccc56)cccc34)c3ccccc23)cc1. The zero-order valence-electron chi connectivity index (χ0n) is 32.0. The normalized spacial score (nSPS) is 12.4. The Morgan fingerprint density at radius 3 is 1.03 bits per heavy atom. The van der Waals surface area contributed by atoms with Gasteiger partial charge >= 0.3 is 12.4 Å². The topological polar surface area (TPSA) is 0 Å². The second-order valence-electron chi connectivity index (χ2n) is 15.3. The highest BCUT2D eigenvalue weighted by atomic mass is 32.1. The van der Waals surface area contributed by atoms with E-state index in [-0.39, 0.29) is 0 Å². The molecule has 0 saturated carbocycles. The molecule has 0 N–H and O–H groups in total. The molecule has 294 valence electrons. The maximum absolute atomic E-state index is 13.6. The van der Waals surface area contributed by atoms with Gasteiger partial charge in [0.05, 0.1) is 11.1 Å². The van der Waals surface area contributed by atoms with Gasteiger partial charge in [-0.1, -0.05) is 152 Å². The molecule has 0 fully saturated rings. The Labute approximate surface area is 349 Å². The average Bonchev–Trinajstić information content (AvgIpc) is 3.65. The molecule has 61 heavy (non-hydrogen) atoms. The van der Waals surface area contributed by atoms with Crippen LogP contribution in [0.25, 0.3) is 108 Å². The van der Waals surface area contributed by atoms with Crippen LogP contribution in [-0.2, 0) is 12.4 Å². The van der Waals surface area contributed by atoms with Gasteiger partial charge in [0.2, 0.25) is 0 Å². The Bertz CT molecular complexity index is 3430. The van der Waals surface area contributed by atoms with Crippen LogP contribution in [0.2, 0.25) is 0 Å². The molecule has 0 nitrogen and oxygen atoms in total. The number of benzene rings is 10. The fourth-order valence-corrected chi connectivity index (χ4v) is 10.5. The van der Waals surface area contributed by atoms with Crippen molar-refractivity contribution < 1.29 is 26.3 Å². The van der Waals surface area contributed by atoms with E-state index < -0.39 is 23.5 Å². The van der Waals surface area contributed by atoms with Crippen LogP contribution >= 0.6 is 11.3 Å². The highest BCUT2D eigenvalue weighted by Crippen LogP contribution is 2.50. The lowest BCUT2D eigenvalue weighted by atomic mass is 9.85. The van der Waals surface area contributed by atoms with Crippen molar-refractivity contribution >= 4 is 74.6 Å². The van der Waals surface area contributed by atoms with Gasteiger partial charge in [-0.15, -0.1) is 11.3 Å². The fourth-order valence-electron chi connectivity index (χ4n) is 9.28. The van der Waals surface area contributed by atoms with Gasteiger partial charge in [0.1, 0.15) is 0 Å². The first-order valence-corrected chi connectivity index (χ1v) is 20.5. The van der Waals surface area contributed by atoms with Gasteiger partial charge in [-0.25, -0.2) is 0 Å². The van der Waals surface area contributed by atoms with Gasteiger partial charge < -0.3 is 0 Å². The average molecular weight is 825 g/mol. The van der Waals surface area contributed by atoms with E-state index in [1.807, 2.05) is 72.8 Å². The number of fused-ring (bicyclic) bond motifs is 7. The number of hydrogen-bond donors (Lipinski definition) is 0. The fraction of sp³-hybridized carbons (Fsp3) is 0.0370. The van der Waals surface area contributed by atoms with E-state index in [4.69, 9.17) is 0 Å². The van der Waals surface area contributed by atoms with E-state index >= 15 is 0 Å². The molecule has 11 rings (SSSR count). The van der Waals surface area contributed by atoms with Crippen LogP contribution in [0.5, 0.6) is 0 Å². The maximum atomic E-state index is 13.6. The first kappa shape index (κ1) is 37.1. The number of thiophene rings is 1. The van der Waals surface area contributed by atoms with Crippen LogP contribution in [0.4, 0.5) is 26.3 Å². The van der Waals surface area contributed by atoms with Crippen molar-refractivity contribution in [2.45, 2.75) is 12.4 Å². The third-order valence-electron chi connectivity index (χ3n) is 11.9. The molecule has 0 aliphatic rings. The third kappa shape index (κ3) is 5.98. The predicted octanol–water partition coefficient (Wildman–Crippen LogP) is 17.4. The summed E-state index contributed by atoms with van der Waals surface area (Å²) in [6.07, 6.45) is -8.86. The number of rotatable bonds is 4. The molecule has 1 aromatic heterocycles. The van der Waals surface area contributed by atoms with Crippen LogP contribution in [0.1, 0.15) is 11.1 Å². The Kier molecular flexibility index (Phi) is 8.38. The molecular formula is C54H30F6S. The largest absolute Gasteiger partial charge is 0.416 e. The minimum atomic E-state index is -4.43. The van der Waals surface area contributed by atoms with Crippen LogP contribution in [0, 0.1) is 0 Å². The van der Waals surface area contributed by atoms with Gasteiger partial charge in [-0.05, 0) is 112 Å². The molecule has 7 heteroatoms. The van der Waals surface area contributed by atoms with Crippen molar-refractivity contribution in [1.82, 2.24) is 0 Å². The standard InChI is InChI=1S/C54H30F6S/c55-53(56,57)34-25-20-31(21-26-34)48-37-10-1-3-12-39(37)50(40-13-4-2-11-38(40)48)33-24-29-36-45-18-9-19-46(52(45)61-47(36)30-33)51-43-16-7-5-14-41(43)49(42-15-6-8-17-44(42)51)32-22-27-35(28-23-32)54(58,59)60/h1-30H. The summed E-state index contributed by atoms with van der Waals surface area (Å²) < 4.78 is 83.7. The zero-order valence-corrected chi connectivity index (χ0v) is 32.8. The van der Waals surface area contributed by atoms with Crippen molar-refractivity contribution in [2.24, 2.45) is 0 Å². The number of hydrogen-bond acceptors (Lipinski definition) is 1. The molecule has 0 spiro atoms. The molecule has 0 bridgehead atoms. The summed E-state index contributed by atoms with van der Waals surface area (Å²) in [7, 11) is 0.